The number of phenolic OH excluding ortho intramolecular Hbond substituents is 1. The molecule has 0 amide bonds. The predicted molar refractivity (Wildman–Crippen MR) is 92.0 cm³/mol. The van der Waals surface area contributed by atoms with Gasteiger partial charge in [-0.05, 0) is 44.2 Å². The first kappa shape index (κ1) is 15.3. The molecule has 1 aliphatic heterocycles. The predicted octanol–water partition coefficient (Wildman–Crippen LogP) is 4.17. The molecule has 3 aliphatic rings. The van der Waals surface area contributed by atoms with Crippen molar-refractivity contribution in [2.24, 2.45) is 0 Å². The van der Waals surface area contributed by atoms with Gasteiger partial charge < -0.3 is 14.6 Å². The van der Waals surface area contributed by atoms with Crippen molar-refractivity contribution >= 4 is 18.1 Å². The SMILES string of the molecule is COC(=O)CCC1(C)C=Cc2cc(O)c3c(c2O1)C1CCC(=C3)C1. The van der Waals surface area contributed by atoms with Crippen molar-refractivity contribution in [3.8, 4) is 11.5 Å². The largest absolute Gasteiger partial charge is 0.507 e. The lowest BCUT2D eigenvalue weighted by atomic mass is 9.84. The summed E-state index contributed by atoms with van der Waals surface area (Å²) in [7, 11) is 1.40. The van der Waals surface area contributed by atoms with Gasteiger partial charge in [-0.2, -0.15) is 0 Å². The summed E-state index contributed by atoms with van der Waals surface area (Å²) in [6, 6.07) is 1.78. The maximum Gasteiger partial charge on any atom is 0.305 e. The Hall–Kier alpha value is -2.23. The molecule has 2 unspecified atom stereocenters. The van der Waals surface area contributed by atoms with Crippen LogP contribution in [0.4, 0.5) is 0 Å². The summed E-state index contributed by atoms with van der Waals surface area (Å²) < 4.78 is 11.1. The third kappa shape index (κ3) is 2.41. The van der Waals surface area contributed by atoms with Crippen molar-refractivity contribution < 1.29 is 19.4 Å². The summed E-state index contributed by atoms with van der Waals surface area (Å²) in [5.74, 6) is 1.41. The van der Waals surface area contributed by atoms with Crippen molar-refractivity contribution in [1.29, 1.82) is 0 Å². The number of carbonyl (C=O) groups is 1. The molecule has 24 heavy (non-hydrogen) atoms. The summed E-state index contributed by atoms with van der Waals surface area (Å²) >= 11 is 0. The number of carbonyl (C=O) groups excluding carboxylic acids is 1. The van der Waals surface area contributed by atoms with Crippen LogP contribution in [-0.4, -0.2) is 23.8 Å². The summed E-state index contributed by atoms with van der Waals surface area (Å²) in [6.45, 7) is 1.99. The maximum atomic E-state index is 11.5. The molecule has 2 aliphatic carbocycles. The van der Waals surface area contributed by atoms with Gasteiger partial charge in [0.1, 0.15) is 17.1 Å². The van der Waals surface area contributed by atoms with E-state index in [1.165, 1.54) is 12.7 Å². The molecule has 1 aromatic carbocycles. The number of hydrogen-bond donors (Lipinski definition) is 1. The maximum absolute atomic E-state index is 11.5. The summed E-state index contributed by atoms with van der Waals surface area (Å²) in [6.07, 6.45) is 10.3. The molecule has 2 bridgehead atoms. The van der Waals surface area contributed by atoms with E-state index in [1.54, 1.807) is 6.07 Å². The highest BCUT2D eigenvalue weighted by molar-refractivity contribution is 5.77. The number of rotatable bonds is 3. The number of benzene rings is 1. The first-order chi connectivity index (χ1) is 11.5. The number of hydrogen-bond acceptors (Lipinski definition) is 4. The molecule has 4 rings (SSSR count). The minimum absolute atomic E-state index is 0.227. The highest BCUT2D eigenvalue weighted by Gasteiger charge is 2.36. The smallest absolute Gasteiger partial charge is 0.305 e. The molecule has 1 N–H and O–H groups in total. The van der Waals surface area contributed by atoms with Gasteiger partial charge in [0.05, 0.1) is 7.11 Å². The van der Waals surface area contributed by atoms with Gasteiger partial charge in [0.25, 0.3) is 0 Å². The summed E-state index contributed by atoms with van der Waals surface area (Å²) in [4.78, 5) is 11.5. The zero-order chi connectivity index (χ0) is 16.9. The lowest BCUT2D eigenvalue weighted by Crippen LogP contribution is -2.33. The Balaban J connectivity index is 1.72. The van der Waals surface area contributed by atoms with E-state index in [1.807, 2.05) is 19.1 Å². The summed E-state index contributed by atoms with van der Waals surface area (Å²) in [5, 5.41) is 10.4. The number of ether oxygens (including phenoxy) is 2. The topological polar surface area (TPSA) is 55.8 Å². The van der Waals surface area contributed by atoms with Crippen molar-refractivity contribution in [2.45, 2.75) is 50.5 Å². The average molecular weight is 326 g/mol. The fraction of sp³-hybridized carbons (Fsp3) is 0.450. The van der Waals surface area contributed by atoms with Gasteiger partial charge in [0, 0.05) is 29.5 Å². The van der Waals surface area contributed by atoms with E-state index in [4.69, 9.17) is 9.47 Å². The standard InChI is InChI=1S/C20H22O4/c1-20(8-6-17(22)23-2)7-5-14-11-16(21)15-10-12-3-4-13(9-12)18(15)19(14)24-20/h5,7,10-11,13,21H,3-4,6,8-9H2,1-2H3. The Morgan fingerprint density at radius 3 is 3.12 bits per heavy atom. The average Bonchev–Trinajstić information content (AvgIpc) is 2.95. The zero-order valence-corrected chi connectivity index (χ0v) is 14.1. The second-order valence-electron chi connectivity index (χ2n) is 7.21. The number of esters is 1. The molecular formula is C20H22O4. The Bertz CT molecular complexity index is 774. The molecular weight excluding hydrogens is 304 g/mol. The lowest BCUT2D eigenvalue weighted by Gasteiger charge is -2.35. The van der Waals surface area contributed by atoms with Gasteiger partial charge in [-0.15, -0.1) is 0 Å². The van der Waals surface area contributed by atoms with Gasteiger partial charge in [-0.1, -0.05) is 17.7 Å². The number of aromatic hydroxyl groups is 1. The molecule has 126 valence electrons. The third-order valence-electron chi connectivity index (χ3n) is 5.45. The monoisotopic (exact) mass is 326 g/mol. The minimum atomic E-state index is -0.533. The fourth-order valence-corrected chi connectivity index (χ4v) is 4.08. The quantitative estimate of drug-likeness (QED) is 0.847. The molecule has 1 heterocycles. The first-order valence-electron chi connectivity index (χ1n) is 8.53. The highest BCUT2D eigenvalue weighted by atomic mass is 16.5. The van der Waals surface area contributed by atoms with Crippen LogP contribution in [0.3, 0.4) is 0 Å². The van der Waals surface area contributed by atoms with Crippen LogP contribution >= 0.6 is 0 Å². The van der Waals surface area contributed by atoms with Crippen LogP contribution in [0.25, 0.3) is 12.2 Å². The third-order valence-corrected chi connectivity index (χ3v) is 5.45. The van der Waals surface area contributed by atoms with E-state index < -0.39 is 5.60 Å². The number of methoxy groups -OCH3 is 1. The number of fused-ring (bicyclic) bond motifs is 6. The Labute approximate surface area is 141 Å². The molecule has 1 aromatic rings. The molecule has 0 radical (unpaired) electrons. The van der Waals surface area contributed by atoms with E-state index >= 15 is 0 Å². The van der Waals surface area contributed by atoms with Crippen LogP contribution < -0.4 is 4.74 Å². The van der Waals surface area contributed by atoms with Crippen LogP contribution in [0.15, 0.2) is 17.7 Å². The van der Waals surface area contributed by atoms with E-state index in [9.17, 15) is 9.90 Å². The molecule has 4 heteroatoms. The zero-order valence-electron chi connectivity index (χ0n) is 14.1. The van der Waals surface area contributed by atoms with Crippen molar-refractivity contribution in [3.05, 3.63) is 34.4 Å². The van der Waals surface area contributed by atoms with Crippen LogP contribution in [0.5, 0.6) is 11.5 Å². The number of phenols is 1. The Morgan fingerprint density at radius 2 is 2.33 bits per heavy atom. The van der Waals surface area contributed by atoms with E-state index in [-0.39, 0.29) is 5.97 Å². The van der Waals surface area contributed by atoms with Gasteiger partial charge >= 0.3 is 5.97 Å². The molecule has 4 nitrogen and oxygen atoms in total. The van der Waals surface area contributed by atoms with Crippen LogP contribution in [0.1, 0.15) is 61.6 Å². The molecule has 1 fully saturated rings. The van der Waals surface area contributed by atoms with Crippen molar-refractivity contribution in [2.75, 3.05) is 7.11 Å². The minimum Gasteiger partial charge on any atom is -0.507 e. The molecule has 0 spiro atoms. The Morgan fingerprint density at radius 1 is 1.50 bits per heavy atom. The summed E-state index contributed by atoms with van der Waals surface area (Å²) in [5.41, 5.74) is 3.87. The van der Waals surface area contributed by atoms with E-state index in [0.29, 0.717) is 24.5 Å². The fourth-order valence-electron chi connectivity index (χ4n) is 4.08. The second kappa shape index (κ2) is 5.40. The second-order valence-corrected chi connectivity index (χ2v) is 7.21. The van der Waals surface area contributed by atoms with Gasteiger partial charge in [-0.25, -0.2) is 0 Å². The van der Waals surface area contributed by atoms with Crippen LogP contribution in [0.2, 0.25) is 0 Å². The normalized spacial score (nSPS) is 26.2. The lowest BCUT2D eigenvalue weighted by molar-refractivity contribution is -0.141. The van der Waals surface area contributed by atoms with Crippen molar-refractivity contribution in [3.63, 3.8) is 0 Å². The van der Waals surface area contributed by atoms with Gasteiger partial charge in [-0.3, -0.25) is 4.79 Å². The van der Waals surface area contributed by atoms with Gasteiger partial charge in [0.15, 0.2) is 0 Å². The first-order valence-corrected chi connectivity index (χ1v) is 8.53. The van der Waals surface area contributed by atoms with Crippen molar-refractivity contribution in [1.82, 2.24) is 0 Å². The molecule has 1 saturated carbocycles. The highest BCUT2D eigenvalue weighted by Crippen LogP contribution is 2.53. The van der Waals surface area contributed by atoms with Gasteiger partial charge in [0.2, 0.25) is 0 Å². The molecule has 2 atom stereocenters. The van der Waals surface area contributed by atoms with Crippen LogP contribution in [-0.2, 0) is 9.53 Å². The van der Waals surface area contributed by atoms with E-state index in [0.717, 1.165) is 41.7 Å². The molecule has 0 aromatic heterocycles. The van der Waals surface area contributed by atoms with Crippen LogP contribution in [0, 0.1) is 0 Å². The Kier molecular flexibility index (Phi) is 3.44. The van der Waals surface area contributed by atoms with E-state index in [2.05, 4.69) is 6.08 Å². The molecule has 0 saturated heterocycles. The number of allylic oxidation sites excluding steroid dienone is 1.